The van der Waals surface area contributed by atoms with Crippen LogP contribution in [-0.2, 0) is 13.0 Å². The summed E-state index contributed by atoms with van der Waals surface area (Å²) >= 11 is 0. The maximum absolute atomic E-state index is 5.69. The van der Waals surface area contributed by atoms with Crippen molar-refractivity contribution in [2.45, 2.75) is 25.8 Å². The summed E-state index contributed by atoms with van der Waals surface area (Å²) in [5, 5.41) is 0. The first-order chi connectivity index (χ1) is 9.40. The van der Waals surface area contributed by atoms with E-state index >= 15 is 0 Å². The molecule has 0 radical (unpaired) electrons. The van der Waals surface area contributed by atoms with Crippen LogP contribution in [0.5, 0.6) is 5.75 Å². The van der Waals surface area contributed by atoms with Crippen molar-refractivity contribution >= 4 is 0 Å². The number of nitrogens with zero attached hydrogens (tertiary/aromatic N) is 2. The van der Waals surface area contributed by atoms with E-state index in [-0.39, 0.29) is 0 Å². The number of para-hydroxylation sites is 1. The minimum atomic E-state index is 0.651. The van der Waals surface area contributed by atoms with Crippen molar-refractivity contribution in [2.24, 2.45) is 5.73 Å². The molecule has 0 aliphatic heterocycles. The van der Waals surface area contributed by atoms with Crippen LogP contribution in [0.15, 0.2) is 42.7 Å². The third-order valence-electron chi connectivity index (χ3n) is 2.99. The van der Waals surface area contributed by atoms with Crippen LogP contribution in [0, 0.1) is 0 Å². The molecule has 1 aromatic carbocycles. The van der Waals surface area contributed by atoms with Gasteiger partial charge in [-0.25, -0.2) is 4.98 Å². The lowest BCUT2D eigenvalue weighted by Crippen LogP contribution is -2.09. The summed E-state index contributed by atoms with van der Waals surface area (Å²) in [5.41, 5.74) is 5.51. The summed E-state index contributed by atoms with van der Waals surface area (Å²) in [6.45, 7) is 2.39. The van der Waals surface area contributed by atoms with Gasteiger partial charge >= 0.3 is 0 Å². The smallest absolute Gasteiger partial charge is 0.119 e. The minimum absolute atomic E-state index is 0.651. The van der Waals surface area contributed by atoms with Crippen LogP contribution in [0.1, 0.15) is 18.7 Å². The van der Waals surface area contributed by atoms with E-state index < -0.39 is 0 Å². The molecule has 0 aliphatic rings. The van der Waals surface area contributed by atoms with Gasteiger partial charge in [-0.05, 0) is 31.5 Å². The molecule has 0 bridgehead atoms. The van der Waals surface area contributed by atoms with Gasteiger partial charge in [0.1, 0.15) is 11.6 Å². The zero-order valence-corrected chi connectivity index (χ0v) is 11.2. The predicted molar refractivity (Wildman–Crippen MR) is 76.2 cm³/mol. The second-order valence-electron chi connectivity index (χ2n) is 4.44. The Morgan fingerprint density at radius 3 is 2.79 bits per heavy atom. The third kappa shape index (κ3) is 4.41. The van der Waals surface area contributed by atoms with E-state index in [9.17, 15) is 0 Å². The van der Waals surface area contributed by atoms with Crippen molar-refractivity contribution in [3.63, 3.8) is 0 Å². The molecule has 0 atom stereocenters. The molecule has 1 heterocycles. The van der Waals surface area contributed by atoms with Gasteiger partial charge in [0.25, 0.3) is 0 Å². The van der Waals surface area contributed by atoms with Gasteiger partial charge in [0, 0.05) is 25.4 Å². The van der Waals surface area contributed by atoms with Gasteiger partial charge in [-0.1, -0.05) is 18.2 Å². The number of aryl methyl sites for hydroxylation is 1. The minimum Gasteiger partial charge on any atom is -0.493 e. The fraction of sp³-hybridized carbons (Fsp3) is 0.400. The fourth-order valence-corrected chi connectivity index (χ4v) is 1.98. The Bertz CT molecular complexity index is 467. The van der Waals surface area contributed by atoms with Crippen molar-refractivity contribution in [1.29, 1.82) is 0 Å². The molecule has 0 spiro atoms. The maximum Gasteiger partial charge on any atom is 0.119 e. The normalized spacial score (nSPS) is 10.6. The molecule has 0 unspecified atom stereocenters. The van der Waals surface area contributed by atoms with Gasteiger partial charge in [-0.3, -0.25) is 0 Å². The molecule has 1 aromatic heterocycles. The molecule has 19 heavy (non-hydrogen) atoms. The predicted octanol–water partition coefficient (Wildman–Crippen LogP) is 2.24. The molecule has 2 rings (SSSR count). The number of ether oxygens (including phenoxy) is 1. The Morgan fingerprint density at radius 2 is 2.00 bits per heavy atom. The van der Waals surface area contributed by atoms with Crippen molar-refractivity contribution in [2.75, 3.05) is 13.2 Å². The highest BCUT2D eigenvalue weighted by Gasteiger charge is 2.03. The molecule has 0 amide bonds. The highest BCUT2D eigenvalue weighted by molar-refractivity contribution is 5.20. The van der Waals surface area contributed by atoms with E-state index in [0.717, 1.165) is 43.9 Å². The average molecular weight is 259 g/mol. The first-order valence-electron chi connectivity index (χ1n) is 6.78. The molecule has 0 aliphatic carbocycles. The third-order valence-corrected chi connectivity index (χ3v) is 2.99. The van der Waals surface area contributed by atoms with Gasteiger partial charge in [0.2, 0.25) is 0 Å². The largest absolute Gasteiger partial charge is 0.493 e. The molecular weight excluding hydrogens is 238 g/mol. The van der Waals surface area contributed by atoms with E-state index in [2.05, 4.69) is 9.55 Å². The molecule has 0 saturated carbocycles. The van der Waals surface area contributed by atoms with Gasteiger partial charge in [0.15, 0.2) is 0 Å². The van der Waals surface area contributed by atoms with E-state index in [1.807, 2.05) is 42.7 Å². The van der Waals surface area contributed by atoms with E-state index in [4.69, 9.17) is 10.5 Å². The summed E-state index contributed by atoms with van der Waals surface area (Å²) in [5.74, 6) is 1.98. The van der Waals surface area contributed by atoms with Crippen LogP contribution < -0.4 is 10.5 Å². The lowest BCUT2D eigenvalue weighted by molar-refractivity contribution is 0.316. The molecule has 2 N–H and O–H groups in total. The van der Waals surface area contributed by atoms with Gasteiger partial charge in [-0.2, -0.15) is 0 Å². The van der Waals surface area contributed by atoms with E-state index in [1.165, 1.54) is 0 Å². The van der Waals surface area contributed by atoms with Crippen LogP contribution >= 0.6 is 0 Å². The summed E-state index contributed by atoms with van der Waals surface area (Å²) in [6, 6.07) is 9.87. The lowest BCUT2D eigenvalue weighted by atomic mass is 10.3. The second kappa shape index (κ2) is 7.59. The molecule has 102 valence electrons. The van der Waals surface area contributed by atoms with E-state index in [1.54, 1.807) is 0 Å². The highest BCUT2D eigenvalue weighted by atomic mass is 16.5. The number of nitrogens with two attached hydrogens (primary N) is 1. The first kappa shape index (κ1) is 13.6. The maximum atomic E-state index is 5.69. The van der Waals surface area contributed by atoms with E-state index in [0.29, 0.717) is 6.61 Å². The van der Waals surface area contributed by atoms with Crippen LogP contribution in [0.4, 0.5) is 0 Å². The number of imidazole rings is 1. The Labute approximate surface area is 114 Å². The number of benzene rings is 1. The number of unbranched alkanes of at least 4 members (excludes halogenated alkanes) is 1. The molecule has 0 fully saturated rings. The van der Waals surface area contributed by atoms with Crippen molar-refractivity contribution in [3.05, 3.63) is 48.5 Å². The van der Waals surface area contributed by atoms with Crippen molar-refractivity contribution < 1.29 is 4.74 Å². The average Bonchev–Trinajstić information content (AvgIpc) is 2.88. The molecule has 0 saturated heterocycles. The molecule has 4 heteroatoms. The standard InChI is InChI=1S/C15H21N3O/c16-9-4-5-11-18-12-10-17-15(18)8-13-19-14-6-2-1-3-7-14/h1-3,6-7,10,12H,4-5,8-9,11,13,16H2. The second-order valence-corrected chi connectivity index (χ2v) is 4.44. The topological polar surface area (TPSA) is 53.1 Å². The first-order valence-corrected chi connectivity index (χ1v) is 6.78. The van der Waals surface area contributed by atoms with Crippen LogP contribution in [0.2, 0.25) is 0 Å². The number of rotatable bonds is 8. The number of aromatic nitrogens is 2. The summed E-state index contributed by atoms with van der Waals surface area (Å²) < 4.78 is 7.87. The van der Waals surface area contributed by atoms with Crippen molar-refractivity contribution in [1.82, 2.24) is 9.55 Å². The number of hydrogen-bond acceptors (Lipinski definition) is 3. The Hall–Kier alpha value is -1.81. The Morgan fingerprint density at radius 1 is 1.16 bits per heavy atom. The van der Waals surface area contributed by atoms with Crippen LogP contribution in [-0.4, -0.2) is 22.7 Å². The molecule has 2 aromatic rings. The van der Waals surface area contributed by atoms with Crippen LogP contribution in [0.3, 0.4) is 0 Å². The van der Waals surface area contributed by atoms with Crippen molar-refractivity contribution in [3.8, 4) is 5.75 Å². The zero-order valence-electron chi connectivity index (χ0n) is 11.2. The SMILES string of the molecule is NCCCCn1ccnc1CCOc1ccccc1. The highest BCUT2D eigenvalue weighted by Crippen LogP contribution is 2.09. The molecule has 4 nitrogen and oxygen atoms in total. The summed E-state index contributed by atoms with van der Waals surface area (Å²) in [7, 11) is 0. The summed E-state index contributed by atoms with van der Waals surface area (Å²) in [4.78, 5) is 4.38. The van der Waals surface area contributed by atoms with Gasteiger partial charge < -0.3 is 15.0 Å². The zero-order chi connectivity index (χ0) is 13.3. The monoisotopic (exact) mass is 259 g/mol. The fourth-order valence-electron chi connectivity index (χ4n) is 1.98. The van der Waals surface area contributed by atoms with Crippen LogP contribution in [0.25, 0.3) is 0 Å². The Balaban J connectivity index is 1.78. The summed E-state index contributed by atoms with van der Waals surface area (Å²) in [6.07, 6.45) is 6.84. The Kier molecular flexibility index (Phi) is 5.44. The molecular formula is C15H21N3O. The lowest BCUT2D eigenvalue weighted by Gasteiger charge is -2.08. The number of hydrogen-bond donors (Lipinski definition) is 1. The van der Waals surface area contributed by atoms with Gasteiger partial charge in [0.05, 0.1) is 6.61 Å². The van der Waals surface area contributed by atoms with Gasteiger partial charge in [-0.15, -0.1) is 0 Å². The quantitative estimate of drug-likeness (QED) is 0.740.